The molecule has 1 aliphatic rings. The molecule has 1 N–H and O–H groups in total. The number of ether oxygens (including phenoxy) is 1. The van der Waals surface area contributed by atoms with Crippen molar-refractivity contribution in [3.05, 3.63) is 87.2 Å². The van der Waals surface area contributed by atoms with E-state index in [9.17, 15) is 22.8 Å². The van der Waals surface area contributed by atoms with Crippen LogP contribution in [0.2, 0.25) is 0 Å². The third kappa shape index (κ3) is 5.27. The van der Waals surface area contributed by atoms with E-state index in [1.165, 1.54) is 36.1 Å². The number of pyridine rings is 1. The van der Waals surface area contributed by atoms with E-state index in [2.05, 4.69) is 5.32 Å². The first kappa shape index (κ1) is 24.6. The molecule has 0 bridgehead atoms. The molecule has 0 fully saturated rings. The molecule has 0 saturated carbocycles. The molecular formula is C25H26F3N3O4. The third-order valence-electron chi connectivity index (χ3n) is 6.17. The number of carbonyl (C=O) groups is 1. The Kier molecular flexibility index (Phi) is 7.02. The lowest BCUT2D eigenvalue weighted by Crippen LogP contribution is -2.32. The van der Waals surface area contributed by atoms with Crippen LogP contribution >= 0.6 is 0 Å². The minimum atomic E-state index is -4.45. The normalized spacial score (nSPS) is 15.2. The number of nitrogens with zero attached hydrogens (tertiary/aromatic N) is 2. The van der Waals surface area contributed by atoms with Crippen molar-refractivity contribution >= 4 is 5.91 Å². The van der Waals surface area contributed by atoms with Crippen LogP contribution in [0.1, 0.15) is 45.9 Å². The van der Waals surface area contributed by atoms with Gasteiger partial charge in [-0.15, -0.1) is 0 Å². The van der Waals surface area contributed by atoms with Crippen molar-refractivity contribution in [2.75, 3.05) is 20.2 Å². The fourth-order valence-corrected chi connectivity index (χ4v) is 4.41. The second-order valence-corrected chi connectivity index (χ2v) is 8.42. The average molecular weight is 489 g/mol. The second kappa shape index (κ2) is 9.99. The number of hydrogen-bond donors (Lipinski definition) is 1. The smallest absolute Gasteiger partial charge is 0.416 e. The summed E-state index contributed by atoms with van der Waals surface area (Å²) in [5.41, 5.74) is -0.105. The third-order valence-corrected chi connectivity index (χ3v) is 6.17. The quantitative estimate of drug-likeness (QED) is 0.566. The predicted molar refractivity (Wildman–Crippen MR) is 122 cm³/mol. The van der Waals surface area contributed by atoms with Crippen LogP contribution in [0.3, 0.4) is 0 Å². The Balaban J connectivity index is 1.61. The number of alkyl halides is 3. The summed E-state index contributed by atoms with van der Waals surface area (Å²) in [6, 6.07) is 9.79. The van der Waals surface area contributed by atoms with Gasteiger partial charge in [0.25, 0.3) is 11.5 Å². The fraction of sp³-hybridized carbons (Fsp3) is 0.360. The summed E-state index contributed by atoms with van der Waals surface area (Å²) >= 11 is 0. The number of rotatable bonds is 6. The topological polar surface area (TPSA) is 76.7 Å². The van der Waals surface area contributed by atoms with Gasteiger partial charge in [0, 0.05) is 44.4 Å². The van der Waals surface area contributed by atoms with Gasteiger partial charge in [-0.25, -0.2) is 0 Å². The molecule has 2 aromatic heterocycles. The van der Waals surface area contributed by atoms with Crippen LogP contribution in [0.4, 0.5) is 13.2 Å². The second-order valence-electron chi connectivity index (χ2n) is 8.42. The number of methoxy groups -OCH3 is 1. The van der Waals surface area contributed by atoms with Crippen molar-refractivity contribution in [1.29, 1.82) is 0 Å². The maximum atomic E-state index is 13.5. The zero-order chi connectivity index (χ0) is 25.2. The van der Waals surface area contributed by atoms with Gasteiger partial charge >= 0.3 is 6.18 Å². The molecule has 1 aromatic carbocycles. The highest BCUT2D eigenvalue weighted by Crippen LogP contribution is 2.33. The van der Waals surface area contributed by atoms with E-state index in [4.69, 9.17) is 9.15 Å². The number of halogens is 3. The Labute approximate surface area is 200 Å². The van der Waals surface area contributed by atoms with Crippen molar-refractivity contribution < 1.29 is 27.1 Å². The molecule has 1 aliphatic heterocycles. The van der Waals surface area contributed by atoms with Crippen molar-refractivity contribution in [3.63, 3.8) is 0 Å². The summed E-state index contributed by atoms with van der Waals surface area (Å²) in [5.74, 6) is 0.303. The molecule has 1 unspecified atom stereocenters. The van der Waals surface area contributed by atoms with Crippen molar-refractivity contribution in [1.82, 2.24) is 14.8 Å². The summed E-state index contributed by atoms with van der Waals surface area (Å²) in [6.07, 6.45) is -2.65. The standard InChI is InChI=1S/C25H26F3N3O4/c1-16(20-8-5-13-35-20)29-24(33)23-19-9-10-30(11-12-31(19)22(32)14-21(23)34-2)15-17-6-3-4-7-18(17)25(26,27)28/h3-8,13-14,16H,9-12,15H2,1-2H3,(H,29,33). The number of amides is 1. The number of aromatic nitrogens is 1. The fourth-order valence-electron chi connectivity index (χ4n) is 4.41. The van der Waals surface area contributed by atoms with Gasteiger partial charge < -0.3 is 19.0 Å². The lowest BCUT2D eigenvalue weighted by Gasteiger charge is -2.22. The van der Waals surface area contributed by atoms with E-state index in [0.717, 1.165) is 6.07 Å². The Morgan fingerprint density at radius 2 is 1.94 bits per heavy atom. The van der Waals surface area contributed by atoms with E-state index in [1.54, 1.807) is 25.1 Å². The van der Waals surface area contributed by atoms with Crippen molar-refractivity contribution in [2.45, 2.75) is 38.7 Å². The molecule has 35 heavy (non-hydrogen) atoms. The molecule has 3 aromatic rings. The molecule has 1 atom stereocenters. The zero-order valence-electron chi connectivity index (χ0n) is 19.4. The number of nitrogens with one attached hydrogen (secondary N) is 1. The van der Waals surface area contributed by atoms with Gasteiger partial charge in [-0.2, -0.15) is 13.2 Å². The highest BCUT2D eigenvalue weighted by Gasteiger charge is 2.33. The Bertz CT molecular complexity index is 1250. The molecule has 0 radical (unpaired) electrons. The Hall–Kier alpha value is -3.53. The molecule has 1 amide bonds. The summed E-state index contributed by atoms with van der Waals surface area (Å²) in [6.45, 7) is 2.81. The van der Waals surface area contributed by atoms with Crippen LogP contribution in [-0.2, 0) is 25.7 Å². The number of fused-ring (bicyclic) bond motifs is 1. The summed E-state index contributed by atoms with van der Waals surface area (Å²) < 4.78 is 52.6. The molecule has 7 nitrogen and oxygen atoms in total. The van der Waals surface area contributed by atoms with E-state index in [1.807, 2.05) is 4.90 Å². The van der Waals surface area contributed by atoms with Gasteiger partial charge in [0.15, 0.2) is 0 Å². The Morgan fingerprint density at radius 3 is 2.63 bits per heavy atom. The van der Waals surface area contributed by atoms with Crippen LogP contribution in [0.25, 0.3) is 0 Å². The van der Waals surface area contributed by atoms with Crippen molar-refractivity contribution in [2.24, 2.45) is 0 Å². The molecule has 0 aliphatic carbocycles. The molecule has 186 valence electrons. The number of benzene rings is 1. The molecule has 0 saturated heterocycles. The maximum Gasteiger partial charge on any atom is 0.416 e. The maximum absolute atomic E-state index is 13.5. The van der Waals surface area contributed by atoms with Crippen LogP contribution in [0.15, 0.2) is 57.9 Å². The molecule has 0 spiro atoms. The first-order valence-electron chi connectivity index (χ1n) is 11.2. The number of carbonyl (C=O) groups excluding carboxylic acids is 1. The van der Waals surface area contributed by atoms with Crippen LogP contribution in [0.5, 0.6) is 5.75 Å². The SMILES string of the molecule is COc1cc(=O)n2c(c1C(=O)NC(C)c1ccco1)CCN(Cc1ccccc1C(F)(F)F)CC2. The van der Waals surface area contributed by atoms with E-state index in [0.29, 0.717) is 31.0 Å². The average Bonchev–Trinajstić information content (AvgIpc) is 3.28. The van der Waals surface area contributed by atoms with Gasteiger partial charge in [0.1, 0.15) is 17.1 Å². The predicted octanol–water partition coefficient (Wildman–Crippen LogP) is 4.02. The molecular weight excluding hydrogens is 463 g/mol. The highest BCUT2D eigenvalue weighted by atomic mass is 19.4. The van der Waals surface area contributed by atoms with Gasteiger partial charge in [-0.05, 0) is 30.7 Å². The lowest BCUT2D eigenvalue weighted by molar-refractivity contribution is -0.138. The minimum absolute atomic E-state index is 0.0760. The Morgan fingerprint density at radius 1 is 1.17 bits per heavy atom. The van der Waals surface area contributed by atoms with E-state index < -0.39 is 23.7 Å². The number of furan rings is 1. The van der Waals surface area contributed by atoms with E-state index in [-0.39, 0.29) is 35.5 Å². The lowest BCUT2D eigenvalue weighted by atomic mass is 10.1. The number of hydrogen-bond acceptors (Lipinski definition) is 5. The van der Waals surface area contributed by atoms with Gasteiger partial charge in [-0.3, -0.25) is 14.5 Å². The largest absolute Gasteiger partial charge is 0.496 e. The first-order valence-corrected chi connectivity index (χ1v) is 11.2. The summed E-state index contributed by atoms with van der Waals surface area (Å²) in [7, 11) is 1.38. The minimum Gasteiger partial charge on any atom is -0.496 e. The van der Waals surface area contributed by atoms with Gasteiger partial charge in [0.2, 0.25) is 0 Å². The molecule has 10 heteroatoms. The summed E-state index contributed by atoms with van der Waals surface area (Å²) in [5, 5.41) is 2.87. The van der Waals surface area contributed by atoms with Crippen molar-refractivity contribution in [3.8, 4) is 5.75 Å². The molecule has 4 rings (SSSR count). The highest BCUT2D eigenvalue weighted by molar-refractivity contribution is 5.98. The zero-order valence-corrected chi connectivity index (χ0v) is 19.4. The monoisotopic (exact) mass is 489 g/mol. The molecule has 3 heterocycles. The van der Waals surface area contributed by atoms with Crippen LogP contribution < -0.4 is 15.6 Å². The van der Waals surface area contributed by atoms with Crippen LogP contribution in [-0.4, -0.2) is 35.6 Å². The first-order chi connectivity index (χ1) is 16.7. The van der Waals surface area contributed by atoms with Gasteiger partial charge in [-0.1, -0.05) is 18.2 Å². The van der Waals surface area contributed by atoms with E-state index >= 15 is 0 Å². The van der Waals surface area contributed by atoms with Gasteiger partial charge in [0.05, 0.1) is 25.0 Å². The van der Waals surface area contributed by atoms with Crippen LogP contribution in [0, 0.1) is 0 Å². The summed E-state index contributed by atoms with van der Waals surface area (Å²) in [4.78, 5) is 27.9.